The first kappa shape index (κ1) is 9.60. The van der Waals surface area contributed by atoms with E-state index in [1.54, 1.807) is 18.2 Å². The van der Waals surface area contributed by atoms with Crippen LogP contribution in [-0.4, -0.2) is 6.10 Å². The summed E-state index contributed by atoms with van der Waals surface area (Å²) in [7, 11) is 0. The fraction of sp³-hybridized carbons (Fsp3) is 0.273. The number of rotatable bonds is 3. The van der Waals surface area contributed by atoms with Crippen LogP contribution in [-0.2, 0) is 0 Å². The summed E-state index contributed by atoms with van der Waals surface area (Å²) in [6, 6.07) is 6.23. The lowest BCUT2D eigenvalue weighted by molar-refractivity contribution is 0.242. The van der Waals surface area contributed by atoms with Crippen LogP contribution in [0.2, 0.25) is 0 Å². The Labute approximate surface area is 77.5 Å². The summed E-state index contributed by atoms with van der Waals surface area (Å²) in [5, 5.41) is 0. The zero-order chi connectivity index (χ0) is 9.68. The van der Waals surface area contributed by atoms with E-state index >= 15 is 0 Å². The highest BCUT2D eigenvalue weighted by molar-refractivity contribution is 5.24. The minimum atomic E-state index is -0.379. The largest absolute Gasteiger partial charge is 0.475 e. The van der Waals surface area contributed by atoms with Gasteiger partial charge in [0, 0.05) is 0 Å². The lowest BCUT2D eigenvalue weighted by Gasteiger charge is -2.11. The monoisotopic (exact) mass is 178 g/mol. The molecule has 0 aliphatic rings. The first-order valence-electron chi connectivity index (χ1n) is 4.15. The molecular formula is C11H11FO. The third kappa shape index (κ3) is 2.48. The standard InChI is InChI=1S/C11H11FO/c1-3-9(4-2)13-11-8-6-5-7-10(11)12/h1,5-9H,4H2,2H3. The molecule has 1 unspecified atom stereocenters. The quantitative estimate of drug-likeness (QED) is 0.646. The fourth-order valence-electron chi connectivity index (χ4n) is 0.929. The van der Waals surface area contributed by atoms with E-state index in [4.69, 9.17) is 11.2 Å². The molecule has 0 aromatic heterocycles. The Kier molecular flexibility index (Phi) is 3.33. The molecule has 0 heterocycles. The van der Waals surface area contributed by atoms with Crippen LogP contribution >= 0.6 is 0 Å². The van der Waals surface area contributed by atoms with E-state index in [2.05, 4.69) is 5.92 Å². The van der Waals surface area contributed by atoms with Gasteiger partial charge in [-0.05, 0) is 18.6 Å². The van der Waals surface area contributed by atoms with Gasteiger partial charge in [0.15, 0.2) is 17.7 Å². The van der Waals surface area contributed by atoms with Gasteiger partial charge < -0.3 is 4.74 Å². The van der Waals surface area contributed by atoms with E-state index in [-0.39, 0.29) is 17.7 Å². The summed E-state index contributed by atoms with van der Waals surface area (Å²) in [6.07, 6.45) is 5.51. The molecule has 0 aliphatic heterocycles. The predicted octanol–water partition coefficient (Wildman–Crippen LogP) is 2.62. The van der Waals surface area contributed by atoms with E-state index in [9.17, 15) is 4.39 Å². The van der Waals surface area contributed by atoms with Crippen molar-refractivity contribution < 1.29 is 9.13 Å². The van der Waals surface area contributed by atoms with Crippen molar-refractivity contribution in [1.29, 1.82) is 0 Å². The highest BCUT2D eigenvalue weighted by Gasteiger charge is 2.06. The SMILES string of the molecule is C#CC(CC)Oc1ccccc1F. The van der Waals surface area contributed by atoms with E-state index in [1.807, 2.05) is 6.92 Å². The predicted molar refractivity (Wildman–Crippen MR) is 49.9 cm³/mol. The molecule has 0 saturated heterocycles. The van der Waals surface area contributed by atoms with Crippen molar-refractivity contribution in [2.24, 2.45) is 0 Å². The maximum atomic E-state index is 13.0. The van der Waals surface area contributed by atoms with Gasteiger partial charge >= 0.3 is 0 Å². The number of hydrogen-bond donors (Lipinski definition) is 0. The van der Waals surface area contributed by atoms with Crippen LogP contribution in [0.15, 0.2) is 24.3 Å². The molecule has 1 aromatic carbocycles. The third-order valence-electron chi connectivity index (χ3n) is 1.66. The minimum absolute atomic E-state index is 0.215. The molecule has 0 spiro atoms. The molecule has 0 bridgehead atoms. The summed E-state index contributed by atoms with van der Waals surface area (Å²) in [6.45, 7) is 1.89. The molecule has 0 N–H and O–H groups in total. The molecule has 1 rings (SSSR count). The second kappa shape index (κ2) is 4.51. The molecule has 1 aromatic rings. The number of para-hydroxylation sites is 1. The summed E-state index contributed by atoms with van der Waals surface area (Å²) in [4.78, 5) is 0. The third-order valence-corrected chi connectivity index (χ3v) is 1.66. The van der Waals surface area contributed by atoms with Crippen molar-refractivity contribution in [2.45, 2.75) is 19.4 Å². The van der Waals surface area contributed by atoms with E-state index in [1.165, 1.54) is 6.07 Å². The first-order chi connectivity index (χ1) is 6.27. The average molecular weight is 178 g/mol. The second-order valence-electron chi connectivity index (χ2n) is 2.61. The highest BCUT2D eigenvalue weighted by atomic mass is 19.1. The van der Waals surface area contributed by atoms with Crippen LogP contribution in [0.3, 0.4) is 0 Å². The van der Waals surface area contributed by atoms with E-state index < -0.39 is 0 Å². The van der Waals surface area contributed by atoms with Crippen LogP contribution < -0.4 is 4.74 Å². The van der Waals surface area contributed by atoms with Crippen molar-refractivity contribution >= 4 is 0 Å². The molecule has 1 atom stereocenters. The van der Waals surface area contributed by atoms with Crippen LogP contribution in [0, 0.1) is 18.2 Å². The van der Waals surface area contributed by atoms with Crippen molar-refractivity contribution in [3.05, 3.63) is 30.1 Å². The van der Waals surface area contributed by atoms with Gasteiger partial charge in [-0.1, -0.05) is 25.0 Å². The number of hydrogen-bond acceptors (Lipinski definition) is 1. The Morgan fingerprint density at radius 2 is 2.23 bits per heavy atom. The molecule has 1 nitrogen and oxygen atoms in total. The van der Waals surface area contributed by atoms with Crippen LogP contribution in [0.4, 0.5) is 4.39 Å². The summed E-state index contributed by atoms with van der Waals surface area (Å²) < 4.78 is 18.3. The molecule has 0 saturated carbocycles. The Hall–Kier alpha value is -1.49. The van der Waals surface area contributed by atoms with Crippen LogP contribution in [0.5, 0.6) is 5.75 Å². The van der Waals surface area contributed by atoms with Crippen LogP contribution in [0.25, 0.3) is 0 Å². The van der Waals surface area contributed by atoms with Crippen molar-refractivity contribution in [3.8, 4) is 18.1 Å². The van der Waals surface area contributed by atoms with Crippen molar-refractivity contribution in [2.75, 3.05) is 0 Å². The van der Waals surface area contributed by atoms with Gasteiger partial charge in [-0.15, -0.1) is 6.42 Å². The molecule has 13 heavy (non-hydrogen) atoms. The van der Waals surface area contributed by atoms with Gasteiger partial charge in [0.25, 0.3) is 0 Å². The number of ether oxygens (including phenoxy) is 1. The van der Waals surface area contributed by atoms with Gasteiger partial charge in [-0.25, -0.2) is 4.39 Å². The minimum Gasteiger partial charge on any atom is -0.475 e. The Bertz CT molecular complexity index is 314. The van der Waals surface area contributed by atoms with Gasteiger partial charge in [0.2, 0.25) is 0 Å². The topological polar surface area (TPSA) is 9.23 Å². The smallest absolute Gasteiger partial charge is 0.165 e. The normalized spacial score (nSPS) is 11.8. The Balaban J connectivity index is 2.74. The number of terminal acetylenes is 1. The molecule has 0 amide bonds. The zero-order valence-electron chi connectivity index (χ0n) is 7.46. The molecule has 2 heteroatoms. The zero-order valence-corrected chi connectivity index (χ0v) is 7.46. The highest BCUT2D eigenvalue weighted by Crippen LogP contribution is 2.17. The maximum Gasteiger partial charge on any atom is 0.165 e. The Morgan fingerprint density at radius 3 is 2.77 bits per heavy atom. The van der Waals surface area contributed by atoms with E-state index in [0.29, 0.717) is 6.42 Å². The van der Waals surface area contributed by atoms with E-state index in [0.717, 1.165) is 0 Å². The summed E-state index contributed by atoms with van der Waals surface area (Å²) in [5.41, 5.74) is 0. The molecular weight excluding hydrogens is 167 g/mol. The molecule has 0 aliphatic carbocycles. The number of benzene rings is 1. The Morgan fingerprint density at radius 1 is 1.54 bits per heavy atom. The fourth-order valence-corrected chi connectivity index (χ4v) is 0.929. The number of halogens is 1. The average Bonchev–Trinajstić information content (AvgIpc) is 2.17. The van der Waals surface area contributed by atoms with Crippen molar-refractivity contribution in [3.63, 3.8) is 0 Å². The molecule has 68 valence electrons. The van der Waals surface area contributed by atoms with Gasteiger partial charge in [0.1, 0.15) is 0 Å². The summed E-state index contributed by atoms with van der Waals surface area (Å²) in [5.74, 6) is 2.28. The maximum absolute atomic E-state index is 13.0. The molecule has 0 fully saturated rings. The lowest BCUT2D eigenvalue weighted by atomic mass is 10.3. The lowest BCUT2D eigenvalue weighted by Crippen LogP contribution is -2.12. The van der Waals surface area contributed by atoms with Gasteiger partial charge in [-0.3, -0.25) is 0 Å². The molecule has 0 radical (unpaired) electrons. The second-order valence-corrected chi connectivity index (χ2v) is 2.61. The first-order valence-corrected chi connectivity index (χ1v) is 4.15. The van der Waals surface area contributed by atoms with Crippen molar-refractivity contribution in [1.82, 2.24) is 0 Å². The summed E-state index contributed by atoms with van der Waals surface area (Å²) >= 11 is 0. The van der Waals surface area contributed by atoms with Gasteiger partial charge in [-0.2, -0.15) is 0 Å². The van der Waals surface area contributed by atoms with Crippen LogP contribution in [0.1, 0.15) is 13.3 Å². The van der Waals surface area contributed by atoms with Gasteiger partial charge in [0.05, 0.1) is 0 Å².